The van der Waals surface area contributed by atoms with Gasteiger partial charge in [-0.1, -0.05) is 30.3 Å². The molecule has 0 saturated carbocycles. The van der Waals surface area contributed by atoms with Crippen LogP contribution in [0.1, 0.15) is 43.1 Å². The van der Waals surface area contributed by atoms with Crippen molar-refractivity contribution in [2.75, 3.05) is 6.61 Å². The second kappa shape index (κ2) is 8.32. The number of unbranched alkanes of at least 4 members (excludes halogenated alkanes) is 1. The van der Waals surface area contributed by atoms with Gasteiger partial charge in [-0.2, -0.15) is 0 Å². The van der Waals surface area contributed by atoms with Gasteiger partial charge in [-0.3, -0.25) is 0 Å². The van der Waals surface area contributed by atoms with Gasteiger partial charge in [-0.15, -0.1) is 0 Å². The van der Waals surface area contributed by atoms with Crippen LogP contribution in [0.4, 0.5) is 0 Å². The minimum atomic E-state index is -0.486. The number of aliphatic hydroxyl groups is 1. The van der Waals surface area contributed by atoms with Crippen LogP contribution in [0, 0.1) is 0 Å². The third-order valence-electron chi connectivity index (χ3n) is 4.63. The third-order valence-corrected chi connectivity index (χ3v) is 4.63. The number of aliphatic hydroxyl groups excluding tert-OH is 1. The van der Waals surface area contributed by atoms with E-state index in [1.54, 1.807) is 0 Å². The average Bonchev–Trinajstić information content (AvgIpc) is 2.91. The Labute approximate surface area is 140 Å². The summed E-state index contributed by atoms with van der Waals surface area (Å²) in [6.07, 6.45) is 6.40. The molecule has 3 N–H and O–H groups in total. The molecule has 1 aromatic carbocycles. The minimum Gasteiger partial charge on any atom is -0.394 e. The van der Waals surface area contributed by atoms with Gasteiger partial charge in [-0.05, 0) is 63.1 Å². The standard InChI is InChI=1S/C20H30N2O/c1-20(21,16-23)15-14-19-13-12-18(22(19)2)11-7-6-10-17-8-4-3-5-9-17/h3-5,8-9,12-13,23H,6-7,10-11,14-16,21H2,1-2H3/t20-/m1/s1. The highest BCUT2D eigenvalue weighted by atomic mass is 16.3. The number of rotatable bonds is 9. The maximum absolute atomic E-state index is 9.25. The Hall–Kier alpha value is -1.58. The van der Waals surface area contributed by atoms with Gasteiger partial charge in [-0.25, -0.2) is 0 Å². The molecule has 0 fully saturated rings. The fourth-order valence-electron chi connectivity index (χ4n) is 2.88. The molecule has 0 aliphatic rings. The first-order valence-electron chi connectivity index (χ1n) is 8.59. The Bertz CT molecular complexity index is 587. The van der Waals surface area contributed by atoms with Crippen LogP contribution < -0.4 is 5.73 Å². The van der Waals surface area contributed by atoms with Crippen LogP contribution in [0.5, 0.6) is 0 Å². The van der Waals surface area contributed by atoms with Crippen LogP contribution in [0.25, 0.3) is 0 Å². The molecule has 1 heterocycles. The number of nitrogens with two attached hydrogens (primary N) is 1. The number of benzene rings is 1. The normalized spacial score (nSPS) is 13.9. The molecule has 3 nitrogen and oxygen atoms in total. The molecular formula is C20H30N2O. The highest BCUT2D eigenvalue weighted by molar-refractivity contribution is 5.17. The van der Waals surface area contributed by atoms with Crippen molar-refractivity contribution in [3.63, 3.8) is 0 Å². The summed E-state index contributed by atoms with van der Waals surface area (Å²) in [5.41, 5.74) is 9.64. The maximum Gasteiger partial charge on any atom is 0.0608 e. The molecule has 1 atom stereocenters. The lowest BCUT2D eigenvalue weighted by molar-refractivity contribution is 0.200. The van der Waals surface area contributed by atoms with Crippen molar-refractivity contribution >= 4 is 0 Å². The zero-order valence-electron chi connectivity index (χ0n) is 14.5. The molecule has 0 saturated heterocycles. The van der Waals surface area contributed by atoms with Crippen LogP contribution in [0.3, 0.4) is 0 Å². The molecule has 1 aromatic heterocycles. The lowest BCUT2D eigenvalue weighted by Crippen LogP contribution is -2.40. The van der Waals surface area contributed by atoms with Crippen LogP contribution in [0.15, 0.2) is 42.5 Å². The largest absolute Gasteiger partial charge is 0.394 e. The van der Waals surface area contributed by atoms with Crippen molar-refractivity contribution < 1.29 is 5.11 Å². The molecule has 2 aromatic rings. The van der Waals surface area contributed by atoms with E-state index in [1.165, 1.54) is 29.8 Å². The Morgan fingerprint density at radius 1 is 0.957 bits per heavy atom. The first-order chi connectivity index (χ1) is 11.0. The highest BCUT2D eigenvalue weighted by Crippen LogP contribution is 2.16. The van der Waals surface area contributed by atoms with Gasteiger partial charge < -0.3 is 15.4 Å². The summed E-state index contributed by atoms with van der Waals surface area (Å²) in [5.74, 6) is 0. The van der Waals surface area contributed by atoms with Gasteiger partial charge in [0.25, 0.3) is 0 Å². The molecule has 0 aliphatic carbocycles. The molecule has 0 unspecified atom stereocenters. The van der Waals surface area contributed by atoms with E-state index in [-0.39, 0.29) is 6.61 Å². The van der Waals surface area contributed by atoms with Crippen molar-refractivity contribution in [3.8, 4) is 0 Å². The first kappa shape index (κ1) is 17.8. The summed E-state index contributed by atoms with van der Waals surface area (Å²) in [7, 11) is 2.13. The van der Waals surface area contributed by atoms with Gasteiger partial charge in [0, 0.05) is 24.0 Å². The van der Waals surface area contributed by atoms with E-state index in [0.29, 0.717) is 0 Å². The second-order valence-electron chi connectivity index (χ2n) is 6.88. The molecular weight excluding hydrogens is 284 g/mol. The molecule has 126 valence electrons. The average molecular weight is 314 g/mol. The Morgan fingerprint density at radius 2 is 1.57 bits per heavy atom. The Morgan fingerprint density at radius 3 is 2.22 bits per heavy atom. The predicted molar refractivity (Wildman–Crippen MR) is 96.5 cm³/mol. The molecule has 0 bridgehead atoms. The Balaban J connectivity index is 1.78. The van der Waals surface area contributed by atoms with E-state index in [2.05, 4.69) is 54.1 Å². The van der Waals surface area contributed by atoms with Gasteiger partial charge in [0.2, 0.25) is 0 Å². The van der Waals surface area contributed by atoms with Crippen molar-refractivity contribution in [1.82, 2.24) is 4.57 Å². The van der Waals surface area contributed by atoms with Gasteiger partial charge >= 0.3 is 0 Å². The molecule has 0 aliphatic heterocycles. The summed E-state index contributed by atoms with van der Waals surface area (Å²) < 4.78 is 2.29. The first-order valence-corrected chi connectivity index (χ1v) is 8.59. The molecule has 0 spiro atoms. The molecule has 0 amide bonds. The topological polar surface area (TPSA) is 51.2 Å². The SMILES string of the molecule is Cn1c(CCCCc2ccccc2)ccc1CC[C@@](C)(N)CO. The minimum absolute atomic E-state index is 0.0315. The molecule has 3 heteroatoms. The van der Waals surface area contributed by atoms with Gasteiger partial charge in [0.05, 0.1) is 6.61 Å². The lowest BCUT2D eigenvalue weighted by atomic mass is 9.97. The van der Waals surface area contributed by atoms with Crippen LogP contribution in [-0.2, 0) is 26.3 Å². The van der Waals surface area contributed by atoms with E-state index >= 15 is 0 Å². The van der Waals surface area contributed by atoms with Crippen molar-refractivity contribution in [2.45, 2.75) is 51.0 Å². The number of hydrogen-bond acceptors (Lipinski definition) is 2. The summed E-state index contributed by atoms with van der Waals surface area (Å²) in [5, 5.41) is 9.25. The fourth-order valence-corrected chi connectivity index (χ4v) is 2.88. The van der Waals surface area contributed by atoms with Gasteiger partial charge in [0.1, 0.15) is 0 Å². The van der Waals surface area contributed by atoms with E-state index in [0.717, 1.165) is 25.7 Å². The molecule has 23 heavy (non-hydrogen) atoms. The predicted octanol–water partition coefficient (Wildman–Crippen LogP) is 3.23. The maximum atomic E-state index is 9.25. The summed E-state index contributed by atoms with van der Waals surface area (Å²) in [4.78, 5) is 0. The van der Waals surface area contributed by atoms with E-state index in [1.807, 2.05) is 6.92 Å². The number of nitrogens with zero attached hydrogens (tertiary/aromatic N) is 1. The van der Waals surface area contributed by atoms with Crippen LogP contribution >= 0.6 is 0 Å². The number of aryl methyl sites for hydroxylation is 3. The van der Waals surface area contributed by atoms with Crippen molar-refractivity contribution in [3.05, 3.63) is 59.4 Å². The number of hydrogen-bond donors (Lipinski definition) is 2. The highest BCUT2D eigenvalue weighted by Gasteiger charge is 2.17. The third kappa shape index (κ3) is 5.52. The molecule has 2 rings (SSSR count). The zero-order chi connectivity index (χ0) is 16.7. The van der Waals surface area contributed by atoms with E-state index in [9.17, 15) is 5.11 Å². The van der Waals surface area contributed by atoms with Crippen molar-refractivity contribution in [2.24, 2.45) is 12.8 Å². The molecule has 0 radical (unpaired) electrons. The second-order valence-corrected chi connectivity index (χ2v) is 6.88. The van der Waals surface area contributed by atoms with E-state index in [4.69, 9.17) is 5.73 Å². The monoisotopic (exact) mass is 314 g/mol. The van der Waals surface area contributed by atoms with Crippen LogP contribution in [0.2, 0.25) is 0 Å². The Kier molecular flexibility index (Phi) is 6.43. The summed E-state index contributed by atoms with van der Waals surface area (Å²) in [6, 6.07) is 15.1. The van der Waals surface area contributed by atoms with E-state index < -0.39 is 5.54 Å². The van der Waals surface area contributed by atoms with Gasteiger partial charge in [0.15, 0.2) is 0 Å². The quantitative estimate of drug-likeness (QED) is 0.698. The fraction of sp³-hybridized carbons (Fsp3) is 0.500. The van der Waals surface area contributed by atoms with Crippen LogP contribution in [-0.4, -0.2) is 21.8 Å². The lowest BCUT2D eigenvalue weighted by Gasteiger charge is -2.21. The van der Waals surface area contributed by atoms with Crippen molar-refractivity contribution in [1.29, 1.82) is 0 Å². The summed E-state index contributed by atoms with van der Waals surface area (Å²) in [6.45, 7) is 1.93. The zero-order valence-corrected chi connectivity index (χ0v) is 14.5. The summed E-state index contributed by atoms with van der Waals surface area (Å²) >= 11 is 0. The smallest absolute Gasteiger partial charge is 0.0608 e. The number of aromatic nitrogens is 1.